The Kier molecular flexibility index (Phi) is 7.93. The Morgan fingerprint density at radius 2 is 1.18 bits per heavy atom. The summed E-state index contributed by atoms with van der Waals surface area (Å²) in [5, 5.41) is 40.1. The number of carbonyl (C=O) groups is 3. The minimum Gasteiger partial charge on any atom is -0.508 e. The number of hydrogen-bond acceptors (Lipinski definition) is 8. The second-order valence-corrected chi connectivity index (χ2v) is 8.18. The second-order valence-electron chi connectivity index (χ2n) is 8.18. The monoisotopic (exact) mass is 530 g/mol. The van der Waals surface area contributed by atoms with E-state index in [2.05, 4.69) is 10.8 Å². The van der Waals surface area contributed by atoms with Crippen molar-refractivity contribution in [3.05, 3.63) is 107 Å². The molecule has 0 aliphatic carbocycles. The molecule has 4 rings (SSSR count). The average molecular weight is 530 g/mol. The van der Waals surface area contributed by atoms with Crippen LogP contribution >= 0.6 is 0 Å². The molecule has 11 nitrogen and oxygen atoms in total. The number of nitrogens with one attached hydrogen (secondary N) is 2. The summed E-state index contributed by atoms with van der Waals surface area (Å²) in [6.07, 6.45) is 0. The number of carboxylic acids is 2. The molecule has 0 radical (unpaired) electrons. The van der Waals surface area contributed by atoms with E-state index in [4.69, 9.17) is 9.57 Å². The lowest BCUT2D eigenvalue weighted by Crippen LogP contribution is -2.16. The molecule has 4 aromatic rings. The Labute approximate surface area is 221 Å². The first-order valence-electron chi connectivity index (χ1n) is 11.4. The van der Waals surface area contributed by atoms with Crippen molar-refractivity contribution in [1.29, 1.82) is 0 Å². The smallest absolute Gasteiger partial charge is 0.336 e. The SMILES string of the molecule is O=C(O)c1cc(O)ccc1CONc1ccc(Oc2ccc(NC(=O)c3ccc(O)cc3C(=O)O)cc2)cc1. The summed E-state index contributed by atoms with van der Waals surface area (Å²) in [5.41, 5.74) is 3.63. The van der Waals surface area contributed by atoms with Gasteiger partial charge in [0.2, 0.25) is 0 Å². The molecule has 198 valence electrons. The van der Waals surface area contributed by atoms with E-state index < -0.39 is 17.8 Å². The summed E-state index contributed by atoms with van der Waals surface area (Å²) < 4.78 is 5.79. The van der Waals surface area contributed by atoms with Crippen molar-refractivity contribution >= 4 is 29.2 Å². The Morgan fingerprint density at radius 3 is 1.77 bits per heavy atom. The van der Waals surface area contributed by atoms with Gasteiger partial charge in [0.25, 0.3) is 5.91 Å². The lowest BCUT2D eigenvalue weighted by atomic mass is 10.1. The third-order valence-corrected chi connectivity index (χ3v) is 5.42. The predicted molar refractivity (Wildman–Crippen MR) is 139 cm³/mol. The van der Waals surface area contributed by atoms with Gasteiger partial charge < -0.3 is 30.5 Å². The van der Waals surface area contributed by atoms with Crippen molar-refractivity contribution in [1.82, 2.24) is 0 Å². The van der Waals surface area contributed by atoms with Crippen LogP contribution < -0.4 is 15.5 Å². The number of phenolic OH excluding ortho intramolecular Hbond substituents is 2. The number of phenols is 2. The quantitative estimate of drug-likeness (QED) is 0.152. The van der Waals surface area contributed by atoms with Crippen LogP contribution in [0.3, 0.4) is 0 Å². The van der Waals surface area contributed by atoms with Crippen LogP contribution in [0.25, 0.3) is 0 Å². The van der Waals surface area contributed by atoms with E-state index in [1.807, 2.05) is 0 Å². The van der Waals surface area contributed by atoms with Gasteiger partial charge in [0.15, 0.2) is 0 Å². The number of hydrogen-bond donors (Lipinski definition) is 6. The van der Waals surface area contributed by atoms with Crippen LogP contribution in [0.2, 0.25) is 0 Å². The van der Waals surface area contributed by atoms with E-state index in [0.717, 1.165) is 12.1 Å². The highest BCUT2D eigenvalue weighted by atomic mass is 16.6. The first-order valence-corrected chi connectivity index (χ1v) is 11.4. The molecule has 0 unspecified atom stereocenters. The zero-order valence-corrected chi connectivity index (χ0v) is 20.1. The minimum absolute atomic E-state index is 0.0482. The number of aromatic hydroxyl groups is 2. The molecular formula is C28H22N2O9. The fraction of sp³-hybridized carbons (Fsp3) is 0.0357. The van der Waals surface area contributed by atoms with Crippen LogP contribution in [0.5, 0.6) is 23.0 Å². The van der Waals surface area contributed by atoms with E-state index >= 15 is 0 Å². The van der Waals surface area contributed by atoms with Crippen molar-refractivity contribution in [2.75, 3.05) is 10.8 Å². The Balaban J connectivity index is 1.31. The largest absolute Gasteiger partial charge is 0.508 e. The fourth-order valence-corrected chi connectivity index (χ4v) is 3.53. The van der Waals surface area contributed by atoms with Crippen LogP contribution in [0.4, 0.5) is 11.4 Å². The highest BCUT2D eigenvalue weighted by Crippen LogP contribution is 2.26. The highest BCUT2D eigenvalue weighted by Gasteiger charge is 2.17. The zero-order valence-electron chi connectivity index (χ0n) is 20.1. The number of amides is 1. The van der Waals surface area contributed by atoms with Gasteiger partial charge in [-0.05, 0) is 84.4 Å². The van der Waals surface area contributed by atoms with E-state index in [0.29, 0.717) is 28.4 Å². The minimum atomic E-state index is -1.34. The second kappa shape index (κ2) is 11.7. The molecule has 0 saturated carbocycles. The van der Waals surface area contributed by atoms with Gasteiger partial charge in [-0.2, -0.15) is 0 Å². The lowest BCUT2D eigenvalue weighted by Gasteiger charge is -2.11. The van der Waals surface area contributed by atoms with Gasteiger partial charge in [-0.15, -0.1) is 0 Å². The predicted octanol–water partition coefficient (Wildman–Crippen LogP) is 5.08. The molecule has 1 amide bonds. The fourth-order valence-electron chi connectivity index (χ4n) is 3.53. The molecule has 6 N–H and O–H groups in total. The van der Waals surface area contributed by atoms with Gasteiger partial charge in [-0.25, -0.2) is 9.59 Å². The summed E-state index contributed by atoms with van der Waals surface area (Å²) in [6, 6.07) is 20.6. The number of ether oxygens (including phenoxy) is 1. The van der Waals surface area contributed by atoms with Crippen molar-refractivity contribution in [3.63, 3.8) is 0 Å². The number of carboxylic acid groups (broad SMARTS) is 2. The van der Waals surface area contributed by atoms with E-state index in [-0.39, 0.29) is 34.8 Å². The van der Waals surface area contributed by atoms with E-state index in [1.54, 1.807) is 48.5 Å². The van der Waals surface area contributed by atoms with Crippen LogP contribution in [0, 0.1) is 0 Å². The van der Waals surface area contributed by atoms with Gasteiger partial charge in [0, 0.05) is 5.69 Å². The molecule has 11 heteroatoms. The van der Waals surface area contributed by atoms with Crippen molar-refractivity contribution in [3.8, 4) is 23.0 Å². The lowest BCUT2D eigenvalue weighted by molar-refractivity contribution is 0.0682. The maximum atomic E-state index is 12.5. The molecule has 0 fully saturated rings. The number of anilines is 2. The van der Waals surface area contributed by atoms with Crippen LogP contribution in [0.1, 0.15) is 36.6 Å². The normalized spacial score (nSPS) is 10.5. The summed E-state index contributed by atoms with van der Waals surface area (Å²) in [7, 11) is 0. The first-order chi connectivity index (χ1) is 18.7. The molecule has 0 aliphatic rings. The molecule has 0 aliphatic heterocycles. The van der Waals surface area contributed by atoms with Gasteiger partial charge in [0.1, 0.15) is 29.6 Å². The van der Waals surface area contributed by atoms with E-state index in [9.17, 15) is 34.8 Å². The number of carbonyl (C=O) groups excluding carboxylic acids is 1. The third kappa shape index (κ3) is 6.81. The Hall–Kier alpha value is -5.55. The van der Waals surface area contributed by atoms with Crippen molar-refractivity contribution < 1.29 is 44.4 Å². The first kappa shape index (κ1) is 26.5. The molecule has 0 saturated heterocycles. The molecule has 39 heavy (non-hydrogen) atoms. The molecule has 0 atom stereocenters. The van der Waals surface area contributed by atoms with Crippen LogP contribution in [0.15, 0.2) is 84.9 Å². The average Bonchev–Trinajstić information content (AvgIpc) is 2.91. The van der Waals surface area contributed by atoms with Crippen molar-refractivity contribution in [2.24, 2.45) is 0 Å². The topological polar surface area (TPSA) is 175 Å². The third-order valence-electron chi connectivity index (χ3n) is 5.42. The van der Waals surface area contributed by atoms with Gasteiger partial charge >= 0.3 is 11.9 Å². The number of benzene rings is 4. The molecule has 0 spiro atoms. The van der Waals surface area contributed by atoms with Crippen LogP contribution in [-0.4, -0.2) is 38.3 Å². The van der Waals surface area contributed by atoms with Gasteiger partial charge in [-0.1, -0.05) is 6.07 Å². The maximum absolute atomic E-state index is 12.5. The van der Waals surface area contributed by atoms with E-state index in [1.165, 1.54) is 24.3 Å². The summed E-state index contributed by atoms with van der Waals surface area (Å²) in [6.45, 7) is -0.0482. The molecule has 0 aromatic heterocycles. The Bertz CT molecular complexity index is 1520. The summed E-state index contributed by atoms with van der Waals surface area (Å²) in [5.74, 6) is -2.57. The van der Waals surface area contributed by atoms with Crippen molar-refractivity contribution in [2.45, 2.75) is 6.61 Å². The maximum Gasteiger partial charge on any atom is 0.336 e. The summed E-state index contributed by atoms with van der Waals surface area (Å²) >= 11 is 0. The zero-order chi connectivity index (χ0) is 27.9. The molecule has 0 heterocycles. The summed E-state index contributed by atoms with van der Waals surface area (Å²) in [4.78, 5) is 40.6. The van der Waals surface area contributed by atoms with Crippen LogP contribution in [-0.2, 0) is 11.4 Å². The molecule has 4 aromatic carbocycles. The number of rotatable bonds is 10. The highest BCUT2D eigenvalue weighted by molar-refractivity contribution is 6.10. The van der Waals surface area contributed by atoms with Gasteiger partial charge in [-0.3, -0.25) is 15.1 Å². The standard InChI is InChI=1S/C28H22N2O9/c31-19-6-1-16(24(13-19)27(34)35)15-38-30-18-4-10-22(11-5-18)39-21-8-2-17(3-9-21)29-26(33)23-12-7-20(32)14-25(23)28(36)37/h1-14,30-32H,15H2,(H,29,33)(H,34,35)(H,36,37). The molecular weight excluding hydrogens is 508 g/mol. The molecule has 0 bridgehead atoms. The Morgan fingerprint density at radius 1 is 0.641 bits per heavy atom. The van der Waals surface area contributed by atoms with Gasteiger partial charge in [0.05, 0.1) is 22.4 Å². The number of aromatic carboxylic acids is 2.